The van der Waals surface area contributed by atoms with E-state index in [9.17, 15) is 22.4 Å². The third-order valence-electron chi connectivity index (χ3n) is 3.36. The van der Waals surface area contributed by atoms with E-state index in [2.05, 4.69) is 10.3 Å². The number of hydrogen-bond donors (Lipinski definition) is 2. The van der Waals surface area contributed by atoms with E-state index in [0.717, 1.165) is 12.1 Å². The molecule has 23 heavy (non-hydrogen) atoms. The van der Waals surface area contributed by atoms with Gasteiger partial charge in [0.05, 0.1) is 11.1 Å². The number of fused-ring (bicyclic) bond motifs is 1. The summed E-state index contributed by atoms with van der Waals surface area (Å²) in [6.07, 6.45) is -3.01. The van der Waals surface area contributed by atoms with Gasteiger partial charge in [-0.3, -0.25) is 4.79 Å². The predicted octanol–water partition coefficient (Wildman–Crippen LogP) is 4.58. The maximum atomic E-state index is 13.1. The lowest BCUT2D eigenvalue weighted by Crippen LogP contribution is -2.12. The first kappa shape index (κ1) is 15.1. The molecule has 0 bridgehead atoms. The number of H-pyrrole nitrogens is 1. The standard InChI is InChI=1S/C16H10F4N2O/c17-10-3-6-12-13(8-21-14(12)7-10)15(23)22-11-4-1-9(2-5-11)16(18,19)20/h1-8,21H,(H,22,23). The molecule has 3 nitrogen and oxygen atoms in total. The number of anilines is 1. The molecule has 1 amide bonds. The quantitative estimate of drug-likeness (QED) is 0.667. The highest BCUT2D eigenvalue weighted by molar-refractivity contribution is 6.12. The molecule has 0 saturated carbocycles. The second-order valence-electron chi connectivity index (χ2n) is 4.92. The van der Waals surface area contributed by atoms with Crippen LogP contribution in [0.25, 0.3) is 10.9 Å². The van der Waals surface area contributed by atoms with Gasteiger partial charge in [0.15, 0.2) is 0 Å². The molecule has 3 rings (SSSR count). The van der Waals surface area contributed by atoms with Crippen LogP contribution in [0.2, 0.25) is 0 Å². The lowest BCUT2D eigenvalue weighted by molar-refractivity contribution is -0.137. The maximum Gasteiger partial charge on any atom is 0.416 e. The van der Waals surface area contributed by atoms with Crippen LogP contribution >= 0.6 is 0 Å². The van der Waals surface area contributed by atoms with Gasteiger partial charge in [0.2, 0.25) is 0 Å². The Kier molecular flexibility index (Phi) is 3.55. The summed E-state index contributed by atoms with van der Waals surface area (Å²) in [5.74, 6) is -0.934. The fraction of sp³-hybridized carbons (Fsp3) is 0.0625. The van der Waals surface area contributed by atoms with Crippen LogP contribution < -0.4 is 5.32 Å². The number of aromatic amines is 1. The van der Waals surface area contributed by atoms with Crippen molar-refractivity contribution in [2.45, 2.75) is 6.18 Å². The number of carbonyl (C=O) groups excluding carboxylic acids is 1. The van der Waals surface area contributed by atoms with E-state index in [4.69, 9.17) is 0 Å². The minimum atomic E-state index is -4.43. The molecule has 2 N–H and O–H groups in total. The summed E-state index contributed by atoms with van der Waals surface area (Å²) in [6.45, 7) is 0. The van der Waals surface area contributed by atoms with Crippen molar-refractivity contribution in [2.75, 3.05) is 5.32 Å². The molecule has 0 aliphatic heterocycles. The Morgan fingerprint density at radius 3 is 2.39 bits per heavy atom. The van der Waals surface area contributed by atoms with E-state index in [1.54, 1.807) is 0 Å². The zero-order valence-electron chi connectivity index (χ0n) is 11.5. The van der Waals surface area contributed by atoms with Gasteiger partial charge in [-0.1, -0.05) is 0 Å². The topological polar surface area (TPSA) is 44.9 Å². The molecule has 1 aromatic heterocycles. The van der Waals surface area contributed by atoms with Crippen LogP contribution in [0.4, 0.5) is 23.2 Å². The Hall–Kier alpha value is -2.83. The van der Waals surface area contributed by atoms with Crippen molar-refractivity contribution in [3.05, 3.63) is 65.6 Å². The maximum absolute atomic E-state index is 13.1. The van der Waals surface area contributed by atoms with Crippen molar-refractivity contribution in [3.8, 4) is 0 Å². The molecule has 0 fully saturated rings. The minimum absolute atomic E-state index is 0.236. The number of alkyl halides is 3. The molecule has 0 radical (unpaired) electrons. The highest BCUT2D eigenvalue weighted by Gasteiger charge is 2.30. The molecule has 0 spiro atoms. The van der Waals surface area contributed by atoms with E-state index in [0.29, 0.717) is 10.9 Å². The van der Waals surface area contributed by atoms with Crippen molar-refractivity contribution < 1.29 is 22.4 Å². The van der Waals surface area contributed by atoms with Crippen LogP contribution in [0.3, 0.4) is 0 Å². The Bertz CT molecular complexity index is 866. The second-order valence-corrected chi connectivity index (χ2v) is 4.92. The third-order valence-corrected chi connectivity index (χ3v) is 3.36. The van der Waals surface area contributed by atoms with Gasteiger partial charge in [0.1, 0.15) is 5.82 Å². The van der Waals surface area contributed by atoms with Crippen LogP contribution in [-0.4, -0.2) is 10.9 Å². The minimum Gasteiger partial charge on any atom is -0.360 e. The predicted molar refractivity (Wildman–Crippen MR) is 77.7 cm³/mol. The van der Waals surface area contributed by atoms with Crippen molar-refractivity contribution in [1.29, 1.82) is 0 Å². The normalized spacial score (nSPS) is 11.7. The van der Waals surface area contributed by atoms with Crippen LogP contribution in [-0.2, 0) is 6.18 Å². The first-order chi connectivity index (χ1) is 10.8. The number of carbonyl (C=O) groups is 1. The SMILES string of the molecule is O=C(Nc1ccc(C(F)(F)F)cc1)c1c[nH]c2cc(F)ccc12. The molecule has 0 saturated heterocycles. The van der Waals surface area contributed by atoms with Crippen molar-refractivity contribution in [1.82, 2.24) is 4.98 Å². The Morgan fingerprint density at radius 2 is 1.74 bits per heavy atom. The summed E-state index contributed by atoms with van der Waals surface area (Å²) >= 11 is 0. The molecular formula is C16H10F4N2O. The number of nitrogens with one attached hydrogen (secondary N) is 2. The van der Waals surface area contributed by atoms with Gasteiger partial charge in [0.25, 0.3) is 5.91 Å². The number of benzene rings is 2. The zero-order chi connectivity index (χ0) is 16.6. The monoisotopic (exact) mass is 322 g/mol. The highest BCUT2D eigenvalue weighted by Crippen LogP contribution is 2.30. The van der Waals surface area contributed by atoms with Crippen LogP contribution in [0.5, 0.6) is 0 Å². The fourth-order valence-corrected chi connectivity index (χ4v) is 2.23. The first-order valence-electron chi connectivity index (χ1n) is 6.60. The van der Waals surface area contributed by atoms with Crippen LogP contribution in [0, 0.1) is 5.82 Å². The Morgan fingerprint density at radius 1 is 1.04 bits per heavy atom. The Labute approximate surface area is 127 Å². The number of hydrogen-bond acceptors (Lipinski definition) is 1. The van der Waals surface area contributed by atoms with Crippen molar-refractivity contribution >= 4 is 22.5 Å². The molecule has 0 aliphatic rings. The largest absolute Gasteiger partial charge is 0.416 e. The van der Waals surface area contributed by atoms with Crippen LogP contribution in [0.15, 0.2) is 48.7 Å². The van der Waals surface area contributed by atoms with Gasteiger partial charge < -0.3 is 10.3 Å². The van der Waals surface area contributed by atoms with Gasteiger partial charge in [-0.2, -0.15) is 13.2 Å². The summed E-state index contributed by atoms with van der Waals surface area (Å²) in [5, 5.41) is 3.03. The van der Waals surface area contributed by atoms with Gasteiger partial charge in [-0.05, 0) is 42.5 Å². The average molecular weight is 322 g/mol. The molecule has 2 aromatic carbocycles. The molecule has 0 aliphatic carbocycles. The van der Waals surface area contributed by atoms with E-state index < -0.39 is 23.5 Å². The van der Waals surface area contributed by atoms with Gasteiger partial charge >= 0.3 is 6.18 Å². The zero-order valence-corrected chi connectivity index (χ0v) is 11.5. The van der Waals surface area contributed by atoms with E-state index in [1.807, 2.05) is 0 Å². The van der Waals surface area contributed by atoms with Gasteiger partial charge in [0, 0.05) is 22.8 Å². The average Bonchev–Trinajstić information content (AvgIpc) is 2.89. The van der Waals surface area contributed by atoms with Crippen molar-refractivity contribution in [2.24, 2.45) is 0 Å². The van der Waals surface area contributed by atoms with E-state index in [1.165, 1.54) is 36.5 Å². The molecule has 1 heterocycles. The number of halogens is 4. The second kappa shape index (κ2) is 5.42. The molecule has 0 atom stereocenters. The summed E-state index contributed by atoms with van der Waals surface area (Å²) in [6, 6.07) is 8.07. The lowest BCUT2D eigenvalue weighted by atomic mass is 10.1. The highest BCUT2D eigenvalue weighted by atomic mass is 19.4. The smallest absolute Gasteiger partial charge is 0.360 e. The number of amides is 1. The van der Waals surface area contributed by atoms with E-state index in [-0.39, 0.29) is 11.3 Å². The van der Waals surface area contributed by atoms with Crippen molar-refractivity contribution in [3.63, 3.8) is 0 Å². The Balaban J connectivity index is 1.83. The molecule has 3 aromatic rings. The first-order valence-corrected chi connectivity index (χ1v) is 6.60. The number of aromatic nitrogens is 1. The fourth-order valence-electron chi connectivity index (χ4n) is 2.23. The molecular weight excluding hydrogens is 312 g/mol. The van der Waals surface area contributed by atoms with Gasteiger partial charge in [-0.25, -0.2) is 4.39 Å². The molecule has 7 heteroatoms. The third kappa shape index (κ3) is 3.03. The molecule has 118 valence electrons. The van der Waals surface area contributed by atoms with Crippen LogP contribution in [0.1, 0.15) is 15.9 Å². The lowest BCUT2D eigenvalue weighted by Gasteiger charge is -2.08. The number of rotatable bonds is 2. The summed E-state index contributed by atoms with van der Waals surface area (Å²) in [4.78, 5) is 15.0. The van der Waals surface area contributed by atoms with E-state index >= 15 is 0 Å². The summed E-state index contributed by atoms with van der Waals surface area (Å²) in [5.41, 5.74) is 0.181. The summed E-state index contributed by atoms with van der Waals surface area (Å²) in [7, 11) is 0. The molecule has 0 unspecified atom stereocenters. The van der Waals surface area contributed by atoms with Gasteiger partial charge in [-0.15, -0.1) is 0 Å². The summed E-state index contributed by atoms with van der Waals surface area (Å²) < 4.78 is 50.6.